The van der Waals surface area contributed by atoms with Gasteiger partial charge in [0.25, 0.3) is 15.7 Å². The molecule has 1 atom stereocenters. The normalized spacial score (nSPS) is 13.3. The van der Waals surface area contributed by atoms with Crippen LogP contribution in [0.1, 0.15) is 10.4 Å². The molecule has 1 heterocycles. The van der Waals surface area contributed by atoms with Crippen molar-refractivity contribution in [2.45, 2.75) is 25.8 Å². The smallest absolute Gasteiger partial charge is 0.297 e. The zero-order chi connectivity index (χ0) is 23.7. The maximum absolute atomic E-state index is 14.4. The lowest BCUT2D eigenvalue weighted by molar-refractivity contribution is -0.387. The highest BCUT2D eigenvalue weighted by Crippen LogP contribution is 2.39. The van der Waals surface area contributed by atoms with Gasteiger partial charge in [-0.05, 0) is 43.0 Å². The predicted octanol–water partition coefficient (Wildman–Crippen LogP) is 4.25. The molecule has 0 saturated carbocycles. The standard InChI is InChI=1S/C19H18N4O5S4/c1-12-6-5-7-13(10-12)31(26,17-11-15(18(20)21)30-19(17)29-2)22-32(27,28)16-9-4-3-8-14(16)23(24)25/h3-11H,1-2H3,(H3,20,21). The molecule has 9 nitrogen and oxygen atoms in total. The summed E-state index contributed by atoms with van der Waals surface area (Å²) in [6.07, 6.45) is 1.71. The lowest BCUT2D eigenvalue weighted by Gasteiger charge is -2.12. The molecule has 1 unspecified atom stereocenters. The molecule has 32 heavy (non-hydrogen) atoms. The van der Waals surface area contributed by atoms with Gasteiger partial charge in [-0.1, -0.05) is 28.0 Å². The summed E-state index contributed by atoms with van der Waals surface area (Å²) in [5.41, 5.74) is 5.65. The number of nitrogens with zero attached hydrogens (tertiary/aromatic N) is 2. The molecule has 3 aromatic rings. The molecule has 0 amide bonds. The molecule has 0 spiro atoms. The second-order valence-electron chi connectivity index (χ2n) is 6.50. The number of para-hydroxylation sites is 1. The van der Waals surface area contributed by atoms with Crippen LogP contribution in [0.4, 0.5) is 5.69 Å². The summed E-state index contributed by atoms with van der Waals surface area (Å²) in [5, 5.41) is 19.1. The molecule has 0 bridgehead atoms. The number of nitrogens with two attached hydrogens (primary N) is 1. The van der Waals surface area contributed by atoms with Crippen molar-refractivity contribution in [3.05, 3.63) is 75.2 Å². The lowest BCUT2D eigenvalue weighted by atomic mass is 10.2. The fourth-order valence-corrected chi connectivity index (χ4v) is 9.58. The summed E-state index contributed by atoms with van der Waals surface area (Å²) in [7, 11) is -8.54. The van der Waals surface area contributed by atoms with Crippen LogP contribution in [0, 0.1) is 22.4 Å². The van der Waals surface area contributed by atoms with Crippen LogP contribution in [0.25, 0.3) is 0 Å². The van der Waals surface area contributed by atoms with Crippen molar-refractivity contribution in [2.75, 3.05) is 6.26 Å². The van der Waals surface area contributed by atoms with Gasteiger partial charge in [-0.15, -0.1) is 23.1 Å². The third-order valence-electron chi connectivity index (χ3n) is 4.27. The Morgan fingerprint density at radius 1 is 1.12 bits per heavy atom. The first-order valence-electron chi connectivity index (χ1n) is 8.85. The second-order valence-corrected chi connectivity index (χ2v) is 12.6. The quantitative estimate of drug-likeness (QED) is 0.158. The fraction of sp³-hybridized carbons (Fsp3) is 0.105. The minimum atomic E-state index is -4.72. The number of benzene rings is 2. The predicted molar refractivity (Wildman–Crippen MR) is 126 cm³/mol. The van der Waals surface area contributed by atoms with Crippen molar-refractivity contribution in [2.24, 2.45) is 9.50 Å². The molecule has 3 rings (SSSR count). The van der Waals surface area contributed by atoms with Gasteiger partial charge in [0.1, 0.15) is 15.6 Å². The van der Waals surface area contributed by atoms with E-state index < -0.39 is 35.3 Å². The van der Waals surface area contributed by atoms with Crippen LogP contribution in [0.2, 0.25) is 0 Å². The van der Waals surface area contributed by atoms with E-state index in [1.165, 1.54) is 36.0 Å². The van der Waals surface area contributed by atoms with E-state index >= 15 is 0 Å². The molecule has 0 aliphatic carbocycles. The maximum Gasteiger partial charge on any atom is 0.297 e. The molecular formula is C19H18N4O5S4. The van der Waals surface area contributed by atoms with E-state index in [1.807, 2.05) is 0 Å². The van der Waals surface area contributed by atoms with Crippen molar-refractivity contribution in [1.29, 1.82) is 5.41 Å². The highest BCUT2D eigenvalue weighted by molar-refractivity contribution is 8.05. The lowest BCUT2D eigenvalue weighted by Crippen LogP contribution is -2.10. The van der Waals surface area contributed by atoms with Gasteiger partial charge < -0.3 is 5.73 Å². The Morgan fingerprint density at radius 3 is 2.41 bits per heavy atom. The van der Waals surface area contributed by atoms with Crippen molar-refractivity contribution < 1.29 is 17.6 Å². The van der Waals surface area contributed by atoms with Crippen molar-refractivity contribution in [3.63, 3.8) is 0 Å². The number of amidine groups is 1. The average molecular weight is 511 g/mol. The number of aryl methyl sites for hydroxylation is 1. The summed E-state index contributed by atoms with van der Waals surface area (Å²) in [5.74, 6) is -0.260. The number of nitrogen functional groups attached to an aromatic ring is 1. The number of sulfonamides is 1. The van der Waals surface area contributed by atoms with E-state index in [1.54, 1.807) is 31.4 Å². The fourth-order valence-electron chi connectivity index (χ4n) is 2.83. The van der Waals surface area contributed by atoms with Crippen LogP contribution in [0.5, 0.6) is 0 Å². The highest BCUT2D eigenvalue weighted by atomic mass is 32.3. The van der Waals surface area contributed by atoms with Crippen molar-refractivity contribution in [3.8, 4) is 0 Å². The van der Waals surface area contributed by atoms with Gasteiger partial charge in [-0.2, -0.15) is 8.42 Å². The van der Waals surface area contributed by atoms with E-state index in [0.717, 1.165) is 29.0 Å². The number of thiophene rings is 1. The van der Waals surface area contributed by atoms with E-state index in [2.05, 4.69) is 3.77 Å². The molecule has 1 aromatic heterocycles. The third-order valence-corrected chi connectivity index (χ3v) is 11.2. The number of thioether (sulfide) groups is 1. The van der Waals surface area contributed by atoms with Crippen LogP contribution < -0.4 is 5.73 Å². The number of hydrogen-bond donors (Lipinski definition) is 2. The maximum atomic E-state index is 14.4. The Labute approximate surface area is 193 Å². The molecule has 0 saturated heterocycles. The number of nitrogens with one attached hydrogen (secondary N) is 1. The molecule has 13 heteroatoms. The summed E-state index contributed by atoms with van der Waals surface area (Å²) < 4.78 is 45.1. The molecule has 168 valence electrons. The summed E-state index contributed by atoms with van der Waals surface area (Å²) in [4.78, 5) is 10.4. The summed E-state index contributed by atoms with van der Waals surface area (Å²) in [6.45, 7) is 1.75. The summed E-state index contributed by atoms with van der Waals surface area (Å²) in [6, 6.07) is 12.6. The second kappa shape index (κ2) is 9.02. The van der Waals surface area contributed by atoms with E-state index in [0.29, 0.717) is 9.09 Å². The SMILES string of the molecule is CSc1sc(C(=N)N)cc1S(=O)(=NS(=O)(=O)c1ccccc1[N+](=O)[O-])c1cccc(C)c1. The molecular weight excluding hydrogens is 493 g/mol. The zero-order valence-electron chi connectivity index (χ0n) is 16.8. The number of nitro benzene ring substituents is 1. The monoisotopic (exact) mass is 510 g/mol. The zero-order valence-corrected chi connectivity index (χ0v) is 20.1. The van der Waals surface area contributed by atoms with Gasteiger partial charge in [-0.25, -0.2) is 4.21 Å². The Kier molecular flexibility index (Phi) is 6.74. The number of hydrogen-bond acceptors (Lipinski definition) is 8. The van der Waals surface area contributed by atoms with Crippen LogP contribution in [-0.4, -0.2) is 29.6 Å². The first-order chi connectivity index (χ1) is 15.0. The number of nitro groups is 1. The van der Waals surface area contributed by atoms with Gasteiger partial charge in [0.2, 0.25) is 0 Å². The van der Waals surface area contributed by atoms with Gasteiger partial charge in [-0.3, -0.25) is 15.5 Å². The summed E-state index contributed by atoms with van der Waals surface area (Å²) >= 11 is 2.31. The molecule has 0 fully saturated rings. The van der Waals surface area contributed by atoms with Gasteiger partial charge >= 0.3 is 0 Å². The van der Waals surface area contributed by atoms with Crippen LogP contribution in [-0.2, 0) is 19.8 Å². The van der Waals surface area contributed by atoms with Crippen molar-refractivity contribution >= 4 is 54.4 Å². The van der Waals surface area contributed by atoms with Crippen LogP contribution in [0.15, 0.2) is 77.3 Å². The molecule has 3 N–H and O–H groups in total. The van der Waals surface area contributed by atoms with E-state index in [4.69, 9.17) is 11.1 Å². The highest BCUT2D eigenvalue weighted by Gasteiger charge is 2.31. The Hall–Kier alpha value is -2.74. The average Bonchev–Trinajstić information content (AvgIpc) is 3.19. The molecule has 0 radical (unpaired) electrons. The van der Waals surface area contributed by atoms with E-state index in [-0.39, 0.29) is 15.6 Å². The largest absolute Gasteiger partial charge is 0.383 e. The van der Waals surface area contributed by atoms with Crippen LogP contribution in [0.3, 0.4) is 0 Å². The van der Waals surface area contributed by atoms with E-state index in [9.17, 15) is 22.7 Å². The molecule has 2 aromatic carbocycles. The minimum Gasteiger partial charge on any atom is -0.383 e. The first-order valence-corrected chi connectivity index (χ1v) is 13.8. The molecule has 0 aliphatic rings. The van der Waals surface area contributed by atoms with Gasteiger partial charge in [0.15, 0.2) is 4.90 Å². The topological polar surface area (TPSA) is 157 Å². The van der Waals surface area contributed by atoms with Crippen molar-refractivity contribution in [1.82, 2.24) is 0 Å². The van der Waals surface area contributed by atoms with Crippen LogP contribution >= 0.6 is 23.1 Å². The van der Waals surface area contributed by atoms with Gasteiger partial charge in [0.05, 0.1) is 23.8 Å². The Bertz CT molecular complexity index is 1450. The minimum absolute atomic E-state index is 0.0907. The number of rotatable bonds is 7. The molecule has 0 aliphatic heterocycles. The Morgan fingerprint density at radius 2 is 1.81 bits per heavy atom. The third kappa shape index (κ3) is 4.55. The van der Waals surface area contributed by atoms with Gasteiger partial charge in [0, 0.05) is 6.07 Å². The Balaban J connectivity index is 2.43. The first kappa shape index (κ1) is 23.9.